The lowest BCUT2D eigenvalue weighted by Crippen LogP contribution is -2.31. The minimum atomic E-state index is 0.0261. The zero-order valence-electron chi connectivity index (χ0n) is 8.77. The fourth-order valence-electron chi connectivity index (χ4n) is 1.64. The Bertz CT molecular complexity index is 342. The quantitative estimate of drug-likeness (QED) is 0.766. The summed E-state index contributed by atoms with van der Waals surface area (Å²) in [6, 6.07) is 1.89. The Morgan fingerprint density at radius 1 is 1.80 bits per heavy atom. The molecule has 1 aliphatic heterocycles. The molecule has 2 heterocycles. The predicted molar refractivity (Wildman–Crippen MR) is 54.0 cm³/mol. The highest BCUT2D eigenvalue weighted by Gasteiger charge is 2.23. The average molecular weight is 209 g/mol. The number of nitrogens with zero attached hydrogens (tertiary/aromatic N) is 2. The van der Waals surface area contributed by atoms with Gasteiger partial charge >= 0.3 is 0 Å². The minimum Gasteiger partial charge on any atom is -0.381 e. The first-order valence-corrected chi connectivity index (χ1v) is 5.09. The lowest BCUT2D eigenvalue weighted by molar-refractivity contribution is -0.125. The van der Waals surface area contributed by atoms with E-state index in [2.05, 4.69) is 10.4 Å². The van der Waals surface area contributed by atoms with E-state index in [1.165, 1.54) is 0 Å². The van der Waals surface area contributed by atoms with E-state index in [9.17, 15) is 4.79 Å². The first-order chi connectivity index (χ1) is 7.27. The summed E-state index contributed by atoms with van der Waals surface area (Å²) in [6.45, 7) is 1.78. The van der Waals surface area contributed by atoms with Crippen molar-refractivity contribution >= 4 is 5.91 Å². The number of aromatic nitrogens is 2. The van der Waals surface area contributed by atoms with Gasteiger partial charge in [0.1, 0.15) is 0 Å². The molecule has 2 rings (SSSR count). The van der Waals surface area contributed by atoms with Crippen LogP contribution < -0.4 is 5.32 Å². The average Bonchev–Trinajstić information content (AvgIpc) is 2.85. The summed E-state index contributed by atoms with van der Waals surface area (Å²) in [7, 11) is 1.86. The van der Waals surface area contributed by atoms with Crippen molar-refractivity contribution in [2.24, 2.45) is 13.0 Å². The molecule has 1 unspecified atom stereocenters. The molecule has 0 aromatic carbocycles. The van der Waals surface area contributed by atoms with E-state index in [-0.39, 0.29) is 11.8 Å². The molecule has 1 amide bonds. The van der Waals surface area contributed by atoms with Crippen LogP contribution in [0, 0.1) is 5.92 Å². The lowest BCUT2D eigenvalue weighted by atomic mass is 10.1. The molecule has 0 spiro atoms. The number of hydrogen-bond acceptors (Lipinski definition) is 3. The van der Waals surface area contributed by atoms with E-state index in [4.69, 9.17) is 4.74 Å². The van der Waals surface area contributed by atoms with Gasteiger partial charge in [0.25, 0.3) is 0 Å². The Morgan fingerprint density at radius 2 is 2.67 bits per heavy atom. The smallest absolute Gasteiger partial charge is 0.225 e. The molecule has 1 aromatic heterocycles. The summed E-state index contributed by atoms with van der Waals surface area (Å²) < 4.78 is 6.92. The van der Waals surface area contributed by atoms with Gasteiger partial charge in [-0.2, -0.15) is 5.10 Å². The fraction of sp³-hybridized carbons (Fsp3) is 0.600. The van der Waals surface area contributed by atoms with Crippen LogP contribution in [0.2, 0.25) is 0 Å². The number of carbonyl (C=O) groups is 1. The molecule has 1 atom stereocenters. The van der Waals surface area contributed by atoms with Gasteiger partial charge in [-0.25, -0.2) is 0 Å². The largest absolute Gasteiger partial charge is 0.381 e. The summed E-state index contributed by atoms with van der Waals surface area (Å²) in [5.74, 6) is 0.104. The molecule has 1 N–H and O–H groups in total. The Hall–Kier alpha value is -1.36. The maximum Gasteiger partial charge on any atom is 0.225 e. The monoisotopic (exact) mass is 209 g/mol. The van der Waals surface area contributed by atoms with Crippen LogP contribution in [0.5, 0.6) is 0 Å². The first-order valence-electron chi connectivity index (χ1n) is 5.09. The van der Waals surface area contributed by atoms with Crippen molar-refractivity contribution in [3.8, 4) is 0 Å². The Kier molecular flexibility index (Phi) is 3.01. The molecule has 1 saturated heterocycles. The molecule has 0 saturated carbocycles. The highest BCUT2D eigenvalue weighted by molar-refractivity contribution is 5.78. The number of carbonyl (C=O) groups excluding carboxylic acids is 1. The van der Waals surface area contributed by atoms with Crippen molar-refractivity contribution in [1.82, 2.24) is 15.1 Å². The summed E-state index contributed by atoms with van der Waals surface area (Å²) >= 11 is 0. The van der Waals surface area contributed by atoms with Crippen LogP contribution in [-0.4, -0.2) is 28.9 Å². The second kappa shape index (κ2) is 4.44. The molecule has 1 aromatic rings. The van der Waals surface area contributed by atoms with Gasteiger partial charge in [0.05, 0.1) is 24.8 Å². The van der Waals surface area contributed by atoms with Gasteiger partial charge in [-0.3, -0.25) is 9.48 Å². The van der Waals surface area contributed by atoms with Gasteiger partial charge in [-0.15, -0.1) is 0 Å². The second-order valence-electron chi connectivity index (χ2n) is 3.72. The molecule has 0 aliphatic carbocycles. The maximum atomic E-state index is 11.6. The Morgan fingerprint density at radius 3 is 3.27 bits per heavy atom. The van der Waals surface area contributed by atoms with Crippen molar-refractivity contribution in [2.75, 3.05) is 13.2 Å². The van der Waals surface area contributed by atoms with Crippen molar-refractivity contribution in [1.29, 1.82) is 0 Å². The van der Waals surface area contributed by atoms with E-state index in [1.807, 2.05) is 13.1 Å². The van der Waals surface area contributed by atoms with Crippen LogP contribution in [0.15, 0.2) is 12.3 Å². The van der Waals surface area contributed by atoms with Crippen molar-refractivity contribution < 1.29 is 9.53 Å². The molecular weight excluding hydrogens is 194 g/mol. The van der Waals surface area contributed by atoms with E-state index < -0.39 is 0 Å². The number of ether oxygens (including phenoxy) is 1. The number of nitrogens with one attached hydrogen (secondary N) is 1. The lowest BCUT2D eigenvalue weighted by Gasteiger charge is -2.09. The number of aryl methyl sites for hydroxylation is 1. The van der Waals surface area contributed by atoms with Crippen LogP contribution in [0.4, 0.5) is 0 Å². The van der Waals surface area contributed by atoms with Crippen molar-refractivity contribution in [2.45, 2.75) is 13.0 Å². The molecule has 1 fully saturated rings. The summed E-state index contributed by atoms with van der Waals surface area (Å²) in [5, 5.41) is 6.92. The molecule has 82 valence electrons. The third-order valence-corrected chi connectivity index (χ3v) is 2.67. The SMILES string of the molecule is Cn1nccc1CNC(=O)C1CCOC1. The van der Waals surface area contributed by atoms with Crippen LogP contribution in [-0.2, 0) is 23.1 Å². The molecule has 15 heavy (non-hydrogen) atoms. The van der Waals surface area contributed by atoms with Gasteiger partial charge in [0.2, 0.25) is 5.91 Å². The Labute approximate surface area is 88.4 Å². The zero-order chi connectivity index (χ0) is 10.7. The van der Waals surface area contributed by atoms with Gasteiger partial charge in [0, 0.05) is 19.9 Å². The number of hydrogen-bond donors (Lipinski definition) is 1. The standard InChI is InChI=1S/C10H15N3O2/c1-13-9(2-4-12-13)6-11-10(14)8-3-5-15-7-8/h2,4,8H,3,5-7H2,1H3,(H,11,14). The van der Waals surface area contributed by atoms with Gasteiger partial charge in [0.15, 0.2) is 0 Å². The van der Waals surface area contributed by atoms with Crippen molar-refractivity contribution in [3.05, 3.63) is 18.0 Å². The van der Waals surface area contributed by atoms with Crippen LogP contribution >= 0.6 is 0 Å². The summed E-state index contributed by atoms with van der Waals surface area (Å²) in [6.07, 6.45) is 2.55. The Balaban J connectivity index is 1.83. The molecule has 1 aliphatic rings. The minimum absolute atomic E-state index is 0.0261. The van der Waals surface area contributed by atoms with Gasteiger partial charge < -0.3 is 10.1 Å². The zero-order valence-corrected chi connectivity index (χ0v) is 8.77. The van der Waals surface area contributed by atoms with Crippen LogP contribution in [0.25, 0.3) is 0 Å². The first kappa shape index (κ1) is 10.2. The van der Waals surface area contributed by atoms with Crippen molar-refractivity contribution in [3.63, 3.8) is 0 Å². The highest BCUT2D eigenvalue weighted by Crippen LogP contribution is 2.12. The molecule has 0 radical (unpaired) electrons. The fourth-order valence-corrected chi connectivity index (χ4v) is 1.64. The highest BCUT2D eigenvalue weighted by atomic mass is 16.5. The molecule has 5 heteroatoms. The predicted octanol–water partition coefficient (Wildman–Crippen LogP) is 0.0728. The van der Waals surface area contributed by atoms with Crippen LogP contribution in [0.1, 0.15) is 12.1 Å². The summed E-state index contributed by atoms with van der Waals surface area (Å²) in [4.78, 5) is 11.6. The molecule has 5 nitrogen and oxygen atoms in total. The van der Waals surface area contributed by atoms with E-state index >= 15 is 0 Å². The third kappa shape index (κ3) is 2.36. The number of amides is 1. The third-order valence-electron chi connectivity index (χ3n) is 2.67. The van der Waals surface area contributed by atoms with Gasteiger partial charge in [-0.05, 0) is 12.5 Å². The van der Waals surface area contributed by atoms with E-state index in [1.54, 1.807) is 10.9 Å². The summed E-state index contributed by atoms with van der Waals surface area (Å²) in [5.41, 5.74) is 1.00. The van der Waals surface area contributed by atoms with E-state index in [0.717, 1.165) is 12.1 Å². The van der Waals surface area contributed by atoms with Crippen LogP contribution in [0.3, 0.4) is 0 Å². The second-order valence-corrected chi connectivity index (χ2v) is 3.72. The topological polar surface area (TPSA) is 56.2 Å². The maximum absolute atomic E-state index is 11.6. The van der Waals surface area contributed by atoms with Gasteiger partial charge in [-0.1, -0.05) is 0 Å². The molecule has 0 bridgehead atoms. The number of rotatable bonds is 3. The molecular formula is C10H15N3O2. The van der Waals surface area contributed by atoms with E-state index in [0.29, 0.717) is 19.8 Å². The normalized spacial score (nSPS) is 20.5.